The van der Waals surface area contributed by atoms with Crippen LogP contribution < -0.4 is 0 Å². The topological polar surface area (TPSA) is 48.8 Å². The quantitative estimate of drug-likeness (QED) is 0.729. The Bertz CT molecular complexity index is 1110. The molecule has 2 atom stereocenters. The van der Waals surface area contributed by atoms with Crippen LogP contribution in [0.2, 0.25) is 0 Å². The summed E-state index contributed by atoms with van der Waals surface area (Å²) >= 11 is 0. The normalized spacial score (nSPS) is 22.0. The Balaban J connectivity index is 1.38. The van der Waals surface area contributed by atoms with Gasteiger partial charge in [-0.05, 0) is 55.2 Å². The summed E-state index contributed by atoms with van der Waals surface area (Å²) in [5, 5.41) is 0. The molecule has 3 aliphatic heterocycles. The molecule has 5 nitrogen and oxygen atoms in total. The van der Waals surface area contributed by atoms with Crippen molar-refractivity contribution in [2.45, 2.75) is 58.0 Å². The SMILES string of the molecule is Cc1cc(C2=NCc3cc4c(cc32)CN([C@@H]2CCN(C(C)C(F)(F)F)C2)C(=O)C4)ccn1. The molecule has 3 aliphatic rings. The number of halogens is 3. The lowest BCUT2D eigenvalue weighted by Gasteiger charge is -2.35. The van der Waals surface area contributed by atoms with Crippen LogP contribution in [-0.2, 0) is 24.3 Å². The summed E-state index contributed by atoms with van der Waals surface area (Å²) in [6, 6.07) is 6.48. The maximum atomic E-state index is 13.1. The number of carbonyl (C=O) groups is 1. The van der Waals surface area contributed by atoms with Gasteiger partial charge in [0.15, 0.2) is 0 Å². The van der Waals surface area contributed by atoms with Crippen LogP contribution in [-0.4, -0.2) is 57.8 Å². The number of nitrogens with zero attached hydrogens (tertiary/aromatic N) is 4. The minimum absolute atomic E-state index is 0.00661. The van der Waals surface area contributed by atoms with Crippen LogP contribution in [0, 0.1) is 6.92 Å². The summed E-state index contributed by atoms with van der Waals surface area (Å²) in [5.41, 5.74) is 7.13. The van der Waals surface area contributed by atoms with Gasteiger partial charge in [-0.15, -0.1) is 0 Å². The molecule has 1 aromatic heterocycles. The number of aliphatic imine (C=N–C) groups is 1. The maximum Gasteiger partial charge on any atom is 0.403 e. The Hall–Kier alpha value is -2.74. The number of likely N-dealkylation sites (tertiary alicyclic amines) is 1. The molecule has 0 spiro atoms. The van der Waals surface area contributed by atoms with Crippen LogP contribution >= 0.6 is 0 Å². The average molecular weight is 442 g/mol. The fourth-order valence-corrected chi connectivity index (χ4v) is 5.04. The van der Waals surface area contributed by atoms with E-state index in [0.29, 0.717) is 26.1 Å². The largest absolute Gasteiger partial charge is 0.403 e. The van der Waals surface area contributed by atoms with Gasteiger partial charge >= 0.3 is 6.18 Å². The van der Waals surface area contributed by atoms with E-state index >= 15 is 0 Å². The van der Waals surface area contributed by atoms with E-state index in [-0.39, 0.29) is 24.9 Å². The van der Waals surface area contributed by atoms with E-state index in [2.05, 4.69) is 17.1 Å². The Kier molecular flexibility index (Phi) is 5.08. The van der Waals surface area contributed by atoms with Crippen molar-refractivity contribution in [3.63, 3.8) is 0 Å². The Labute approximate surface area is 185 Å². The molecule has 5 rings (SSSR count). The maximum absolute atomic E-state index is 13.1. The first-order valence-electron chi connectivity index (χ1n) is 10.9. The molecular weight excluding hydrogens is 417 g/mol. The minimum Gasteiger partial charge on any atom is -0.334 e. The molecule has 1 saturated heterocycles. The van der Waals surface area contributed by atoms with Crippen LogP contribution in [0.5, 0.6) is 0 Å². The fourth-order valence-electron chi connectivity index (χ4n) is 5.04. The van der Waals surface area contributed by atoms with Crippen LogP contribution in [0.15, 0.2) is 35.5 Å². The van der Waals surface area contributed by atoms with Crippen LogP contribution in [0.25, 0.3) is 0 Å². The predicted molar refractivity (Wildman–Crippen MR) is 115 cm³/mol. The smallest absolute Gasteiger partial charge is 0.334 e. The second-order valence-corrected chi connectivity index (χ2v) is 8.98. The van der Waals surface area contributed by atoms with Crippen LogP contribution in [0.1, 0.15) is 46.9 Å². The van der Waals surface area contributed by atoms with Gasteiger partial charge in [-0.25, -0.2) is 0 Å². The number of fused-ring (bicyclic) bond motifs is 2. The second-order valence-electron chi connectivity index (χ2n) is 8.98. The van der Waals surface area contributed by atoms with Crippen molar-refractivity contribution in [1.82, 2.24) is 14.8 Å². The molecule has 4 heterocycles. The molecule has 0 aliphatic carbocycles. The van der Waals surface area contributed by atoms with E-state index in [1.807, 2.05) is 19.1 Å². The van der Waals surface area contributed by atoms with E-state index in [4.69, 9.17) is 4.99 Å². The molecule has 2 aromatic rings. The molecular formula is C24H25F3N4O. The van der Waals surface area contributed by atoms with Crippen molar-refractivity contribution in [3.05, 3.63) is 64.0 Å². The Morgan fingerprint density at radius 2 is 1.97 bits per heavy atom. The Morgan fingerprint density at radius 1 is 1.16 bits per heavy atom. The number of aryl methyl sites for hydroxylation is 1. The molecule has 168 valence electrons. The van der Waals surface area contributed by atoms with E-state index in [9.17, 15) is 18.0 Å². The number of amides is 1. The van der Waals surface area contributed by atoms with Gasteiger partial charge in [-0.1, -0.05) is 6.07 Å². The molecule has 0 saturated carbocycles. The van der Waals surface area contributed by atoms with Gasteiger partial charge in [0.1, 0.15) is 6.04 Å². The summed E-state index contributed by atoms with van der Waals surface area (Å²) in [6.07, 6.45) is -1.63. The second kappa shape index (κ2) is 7.69. The highest BCUT2D eigenvalue weighted by Crippen LogP contribution is 2.33. The highest BCUT2D eigenvalue weighted by atomic mass is 19.4. The molecule has 0 radical (unpaired) electrons. The van der Waals surface area contributed by atoms with Gasteiger partial charge < -0.3 is 4.90 Å². The summed E-state index contributed by atoms with van der Waals surface area (Å²) in [5.74, 6) is -0.00661. The average Bonchev–Trinajstić information content (AvgIpc) is 3.37. The molecule has 0 N–H and O–H groups in total. The van der Waals surface area contributed by atoms with E-state index < -0.39 is 12.2 Å². The van der Waals surface area contributed by atoms with Crippen molar-refractivity contribution in [2.24, 2.45) is 4.99 Å². The lowest BCUT2D eigenvalue weighted by atomic mass is 9.90. The molecule has 1 amide bonds. The molecule has 1 aromatic carbocycles. The monoisotopic (exact) mass is 442 g/mol. The van der Waals surface area contributed by atoms with Crippen molar-refractivity contribution >= 4 is 11.6 Å². The van der Waals surface area contributed by atoms with Gasteiger partial charge in [-0.2, -0.15) is 13.2 Å². The number of hydrogen-bond acceptors (Lipinski definition) is 4. The number of hydrogen-bond donors (Lipinski definition) is 0. The third-order valence-electron chi connectivity index (χ3n) is 6.92. The van der Waals surface area contributed by atoms with Gasteiger partial charge in [0.2, 0.25) is 5.91 Å². The summed E-state index contributed by atoms with van der Waals surface area (Å²) < 4.78 is 39.4. The first kappa shape index (κ1) is 21.1. The number of aromatic nitrogens is 1. The molecule has 1 unspecified atom stereocenters. The zero-order valence-corrected chi connectivity index (χ0v) is 18.1. The number of rotatable bonds is 3. The fraction of sp³-hybridized carbons (Fsp3) is 0.458. The standard InChI is InChI=1S/C24H25F3N4O/c1-14-7-16(3-5-28-14)23-21-9-19-12-31(22(32)10-17(19)8-18(21)11-29-23)20-4-6-30(13-20)15(2)24(25,26)27/h3,5,7-9,15,20H,4,6,10-13H2,1-2H3/t15?,20-/m1/s1. The van der Waals surface area contributed by atoms with Crippen molar-refractivity contribution < 1.29 is 18.0 Å². The Morgan fingerprint density at radius 3 is 2.72 bits per heavy atom. The highest BCUT2D eigenvalue weighted by molar-refractivity contribution is 6.15. The molecule has 1 fully saturated rings. The summed E-state index contributed by atoms with van der Waals surface area (Å²) in [4.78, 5) is 25.1. The zero-order valence-electron chi connectivity index (χ0n) is 18.1. The number of alkyl halides is 3. The van der Waals surface area contributed by atoms with Gasteiger partial charge in [-0.3, -0.25) is 19.7 Å². The molecule has 32 heavy (non-hydrogen) atoms. The lowest BCUT2D eigenvalue weighted by molar-refractivity contribution is -0.176. The minimum atomic E-state index is -4.25. The third kappa shape index (κ3) is 3.70. The van der Waals surface area contributed by atoms with Gasteiger partial charge in [0, 0.05) is 48.7 Å². The number of carbonyl (C=O) groups excluding carboxylic acids is 1. The molecule has 8 heteroatoms. The van der Waals surface area contributed by atoms with E-state index in [1.165, 1.54) is 11.8 Å². The van der Waals surface area contributed by atoms with Crippen LogP contribution in [0.3, 0.4) is 0 Å². The first-order valence-corrected chi connectivity index (χ1v) is 10.9. The summed E-state index contributed by atoms with van der Waals surface area (Å²) in [6.45, 7) is 4.77. The first-order chi connectivity index (χ1) is 15.2. The van der Waals surface area contributed by atoms with Crippen molar-refractivity contribution in [2.75, 3.05) is 13.1 Å². The highest BCUT2D eigenvalue weighted by Gasteiger charge is 2.44. The van der Waals surface area contributed by atoms with Crippen LogP contribution in [0.4, 0.5) is 13.2 Å². The number of benzene rings is 1. The zero-order chi connectivity index (χ0) is 22.6. The summed E-state index contributed by atoms with van der Waals surface area (Å²) in [7, 11) is 0. The van der Waals surface area contributed by atoms with E-state index in [1.54, 1.807) is 11.1 Å². The van der Waals surface area contributed by atoms with E-state index in [0.717, 1.165) is 39.2 Å². The third-order valence-corrected chi connectivity index (χ3v) is 6.92. The van der Waals surface area contributed by atoms with Gasteiger partial charge in [0.25, 0.3) is 0 Å². The van der Waals surface area contributed by atoms with Crippen molar-refractivity contribution in [3.8, 4) is 0 Å². The van der Waals surface area contributed by atoms with Gasteiger partial charge in [0.05, 0.1) is 18.7 Å². The molecule has 0 bridgehead atoms. The lowest BCUT2D eigenvalue weighted by Crippen LogP contribution is -2.47. The van der Waals surface area contributed by atoms with Crippen molar-refractivity contribution in [1.29, 1.82) is 0 Å². The number of pyridine rings is 1. The predicted octanol–water partition coefficient (Wildman–Crippen LogP) is 3.65.